The molecule has 1 saturated carbocycles. The monoisotopic (exact) mass is 1580 g/mol. The maximum absolute atomic E-state index is 13.5. The fraction of sp³-hybridized carbons (Fsp3) is 0.367. The van der Waals surface area contributed by atoms with Gasteiger partial charge in [0.2, 0.25) is 5.88 Å². The third-order valence-corrected chi connectivity index (χ3v) is 24.3. The lowest BCUT2D eigenvalue weighted by molar-refractivity contribution is 0.0972. The Balaban J connectivity index is 0.000000156. The number of amides is 3. The van der Waals surface area contributed by atoms with Gasteiger partial charge in [0.25, 0.3) is 47.8 Å². The van der Waals surface area contributed by atoms with E-state index in [9.17, 15) is 39.6 Å². The highest BCUT2D eigenvalue weighted by Crippen LogP contribution is 2.50. The van der Waals surface area contributed by atoms with E-state index in [1.54, 1.807) is 104 Å². The number of benzene rings is 2. The average molecular weight is 1580 g/mol. The van der Waals surface area contributed by atoms with E-state index in [1.807, 2.05) is 47.0 Å². The van der Waals surface area contributed by atoms with Gasteiger partial charge in [-0.1, -0.05) is 40.7 Å². The molecule has 1 aliphatic carbocycles. The van der Waals surface area contributed by atoms with Crippen LogP contribution in [0.15, 0.2) is 173 Å². The maximum Gasteiger partial charge on any atom is 0.281 e. The predicted molar refractivity (Wildman–Crippen MR) is 429 cm³/mol. The SMILES string of the molecule is CC(C)COc1ccn(-c2ccc(C(=O)NS(=O)(=O)c3cccnc3N)c(N3CC(C)CC34CCC4)n2)n1.CC1CN(c2ncccc2C(=O)NS(=O)(=O)c2cccc(Nc3ccc4c(ccn4C)c3)n2)C(C)(C)C1.COc1ccc(OC)c(-c2ccc(C(=O)NS(=O)(=O)c3cccnc3N)c(N3C[C@@H](C)CC3(C)C)n2)c1. The number of hydrogen-bond donors (Lipinski definition) is 6. The molecule has 4 aliphatic rings. The molecule has 2 aromatic carbocycles. The van der Waals surface area contributed by atoms with Crippen molar-refractivity contribution < 1.29 is 53.8 Å². The van der Waals surface area contributed by atoms with Crippen molar-refractivity contribution in [2.45, 2.75) is 132 Å². The van der Waals surface area contributed by atoms with Crippen LogP contribution in [-0.2, 0) is 37.1 Å². The summed E-state index contributed by atoms with van der Waals surface area (Å²) >= 11 is 0. The van der Waals surface area contributed by atoms with E-state index >= 15 is 0 Å². The molecular formula is C79H94N18O12S3. The Kier molecular flexibility index (Phi) is 23.0. The van der Waals surface area contributed by atoms with Gasteiger partial charge in [-0.3, -0.25) is 14.4 Å². The second-order valence-corrected chi connectivity index (χ2v) is 35.5. The van der Waals surface area contributed by atoms with Crippen LogP contribution >= 0.6 is 0 Å². The summed E-state index contributed by atoms with van der Waals surface area (Å²) in [6.07, 6.45) is 14.0. The number of fused-ring (bicyclic) bond motifs is 1. The van der Waals surface area contributed by atoms with Crippen molar-refractivity contribution in [1.29, 1.82) is 0 Å². The highest BCUT2D eigenvalue weighted by atomic mass is 32.2. The molecule has 590 valence electrons. The van der Waals surface area contributed by atoms with Crippen molar-refractivity contribution in [3.8, 4) is 34.5 Å². The summed E-state index contributed by atoms with van der Waals surface area (Å²) in [5.41, 5.74) is 14.5. The standard InChI is InChI=1S/C27H30N6O3S.C26H33N7O4S.C26H31N5O5S/c1-18-16-27(2,3)33(17-18)25-21(7-6-13-28-25)26(34)31-37(35,36)24-9-5-8-23(30-24)29-20-10-11-22-19(15-20)12-14-32(22)4;1-17(2)16-37-22-9-13-33(30-22)21-8-7-19(24(29-21)32-15-18(3)14-26(32)10-5-11-26)25(34)31-38(35,36)20-6-4-12-28-23(20)27;1-16-14-26(2,3)31(15-16)24-18(25(32)30-37(33,34)22-7-6-12-28-23(22)27)9-10-20(29-24)19-13-17(35-4)8-11-21(19)36-5/h5-15,18H,16-17H2,1-4H3,(H,29,30)(H,31,34);4,6-9,12-13,17-18H,5,10-11,14-16H2,1-3H3,(H2,27,28)(H,31,34);6-13,16H,14-15H2,1-5H3,(H2,27,28)(H,30,32)/t;;16-/m..0/s1. The number of nitrogens with one attached hydrogen (secondary N) is 4. The average Bonchev–Trinajstić information content (AvgIpc) is 1.57. The topological polar surface area (TPSA) is 391 Å². The molecule has 0 radical (unpaired) electrons. The van der Waals surface area contributed by atoms with Gasteiger partial charge >= 0.3 is 0 Å². The van der Waals surface area contributed by atoms with Gasteiger partial charge in [0, 0.05) is 103 Å². The molecule has 10 aromatic rings. The van der Waals surface area contributed by atoms with Crippen LogP contribution in [0.5, 0.6) is 17.4 Å². The van der Waals surface area contributed by atoms with E-state index in [0.717, 1.165) is 68.2 Å². The number of nitrogens with two attached hydrogens (primary N) is 2. The molecular weight excluding hydrogens is 1490 g/mol. The fourth-order valence-electron chi connectivity index (χ4n) is 15.2. The molecule has 8 N–H and O–H groups in total. The molecule has 1 spiro atoms. The number of aromatic nitrogens is 9. The molecule has 4 fully saturated rings. The van der Waals surface area contributed by atoms with E-state index in [1.165, 1.54) is 42.7 Å². The minimum atomic E-state index is -4.27. The third-order valence-electron chi connectivity index (χ3n) is 20.3. The molecule has 0 bridgehead atoms. The molecule has 3 amide bonds. The van der Waals surface area contributed by atoms with Gasteiger partial charge in [0.05, 0.1) is 43.2 Å². The second-order valence-electron chi connectivity index (χ2n) is 30.6. The number of anilines is 7. The van der Waals surface area contributed by atoms with E-state index in [0.29, 0.717) is 94.5 Å². The smallest absolute Gasteiger partial charge is 0.281 e. The number of carbonyl (C=O) groups excluding carboxylic acids is 3. The molecule has 3 atom stereocenters. The van der Waals surface area contributed by atoms with Crippen LogP contribution < -0.4 is 59.9 Å². The first-order chi connectivity index (χ1) is 53.1. The Labute approximate surface area is 652 Å². The zero-order valence-electron chi connectivity index (χ0n) is 64.5. The molecule has 3 aliphatic heterocycles. The third kappa shape index (κ3) is 17.3. The van der Waals surface area contributed by atoms with Crippen LogP contribution in [0.1, 0.15) is 132 Å². The van der Waals surface area contributed by atoms with Gasteiger partial charge in [0.15, 0.2) is 10.8 Å². The summed E-state index contributed by atoms with van der Waals surface area (Å²) in [6.45, 7) is 21.6. The number of nitrogens with zero attached hydrogens (tertiary/aromatic N) is 12. The predicted octanol–water partition coefficient (Wildman–Crippen LogP) is 11.1. The zero-order valence-corrected chi connectivity index (χ0v) is 67.0. The van der Waals surface area contributed by atoms with Crippen LogP contribution in [0, 0.1) is 23.7 Å². The number of carbonyl (C=O) groups is 3. The highest BCUT2D eigenvalue weighted by molar-refractivity contribution is 7.90. The molecule has 11 heterocycles. The van der Waals surface area contributed by atoms with Crippen LogP contribution in [-0.4, -0.2) is 144 Å². The molecule has 14 rings (SSSR count). The summed E-state index contributed by atoms with van der Waals surface area (Å²) < 4.78 is 105. The quantitative estimate of drug-likeness (QED) is 0.0389. The fourth-order valence-corrected chi connectivity index (χ4v) is 18.2. The number of methoxy groups -OCH3 is 2. The van der Waals surface area contributed by atoms with Gasteiger partial charge in [-0.2, -0.15) is 8.42 Å². The van der Waals surface area contributed by atoms with E-state index < -0.39 is 47.8 Å². The lowest BCUT2D eigenvalue weighted by atomic mass is 9.73. The van der Waals surface area contributed by atoms with Crippen LogP contribution in [0.25, 0.3) is 28.0 Å². The number of pyridine rings is 6. The number of sulfonamides is 3. The maximum atomic E-state index is 13.5. The summed E-state index contributed by atoms with van der Waals surface area (Å²) in [5.74, 6) is 2.67. The Hall–Kier alpha value is -11.5. The van der Waals surface area contributed by atoms with Gasteiger partial charge in [-0.25, -0.2) is 65.6 Å². The van der Waals surface area contributed by atoms with Gasteiger partial charge in [0.1, 0.15) is 56.2 Å². The van der Waals surface area contributed by atoms with E-state index in [4.69, 9.17) is 35.6 Å². The van der Waals surface area contributed by atoms with E-state index in [2.05, 4.69) is 117 Å². The van der Waals surface area contributed by atoms with Gasteiger partial charge in [-0.15, -0.1) is 5.10 Å². The number of rotatable bonds is 21. The zero-order chi connectivity index (χ0) is 80.4. The minimum absolute atomic E-state index is 0.0810. The molecule has 8 aromatic heterocycles. The number of nitrogen functional groups attached to an aromatic ring is 2. The van der Waals surface area contributed by atoms with E-state index in [-0.39, 0.29) is 59.8 Å². The van der Waals surface area contributed by atoms with Crippen LogP contribution in [0.4, 0.5) is 40.6 Å². The van der Waals surface area contributed by atoms with Crippen molar-refractivity contribution in [2.24, 2.45) is 30.7 Å². The Morgan fingerprint density at radius 1 is 0.580 bits per heavy atom. The summed E-state index contributed by atoms with van der Waals surface area (Å²) in [4.78, 5) is 72.0. The first-order valence-electron chi connectivity index (χ1n) is 36.7. The Morgan fingerprint density at radius 3 is 1.73 bits per heavy atom. The molecule has 30 nitrogen and oxygen atoms in total. The molecule has 33 heteroatoms. The number of ether oxygens (including phenoxy) is 3. The number of hydrogen-bond acceptors (Lipinski definition) is 25. The molecule has 112 heavy (non-hydrogen) atoms. The van der Waals surface area contributed by atoms with Gasteiger partial charge in [-0.05, 0) is 205 Å². The molecule has 2 unspecified atom stereocenters. The summed E-state index contributed by atoms with van der Waals surface area (Å²) in [7, 11) is -7.65. The first-order valence-corrected chi connectivity index (χ1v) is 41.2. The minimum Gasteiger partial charge on any atom is -0.497 e. The van der Waals surface area contributed by atoms with Crippen molar-refractivity contribution in [3.63, 3.8) is 0 Å². The van der Waals surface area contributed by atoms with Crippen LogP contribution in [0.3, 0.4) is 0 Å². The number of aryl methyl sites for hydroxylation is 1. The van der Waals surface area contributed by atoms with Crippen molar-refractivity contribution in [2.75, 3.05) is 71.9 Å². The van der Waals surface area contributed by atoms with Crippen molar-refractivity contribution in [3.05, 3.63) is 175 Å². The largest absolute Gasteiger partial charge is 0.497 e. The lowest BCUT2D eigenvalue weighted by Crippen LogP contribution is -2.50. The lowest BCUT2D eigenvalue weighted by Gasteiger charge is -2.47. The highest BCUT2D eigenvalue weighted by Gasteiger charge is 2.50. The van der Waals surface area contributed by atoms with Crippen molar-refractivity contribution >= 4 is 99.3 Å². The van der Waals surface area contributed by atoms with Gasteiger partial charge < -0.3 is 50.3 Å². The Bertz CT molecular complexity index is 5560. The first kappa shape index (κ1) is 80.1. The summed E-state index contributed by atoms with van der Waals surface area (Å²) in [5, 5.41) is 8.42. The Morgan fingerprint density at radius 2 is 1.15 bits per heavy atom. The second kappa shape index (κ2) is 32.1. The normalized spacial score (nSPS) is 17.5. The summed E-state index contributed by atoms with van der Waals surface area (Å²) in [6, 6.07) is 34.8. The molecule has 3 saturated heterocycles. The van der Waals surface area contributed by atoms with Crippen molar-refractivity contribution in [1.82, 2.24) is 58.4 Å². The van der Waals surface area contributed by atoms with Crippen LogP contribution in [0.2, 0.25) is 0 Å².